The van der Waals surface area contributed by atoms with Crippen molar-refractivity contribution in [2.24, 2.45) is 0 Å². The summed E-state index contributed by atoms with van der Waals surface area (Å²) < 4.78 is 0. The summed E-state index contributed by atoms with van der Waals surface area (Å²) in [6.45, 7) is 1.90. The Balaban J connectivity index is 2.16. The van der Waals surface area contributed by atoms with Crippen molar-refractivity contribution in [3.8, 4) is 0 Å². The molecule has 0 amide bonds. The van der Waals surface area contributed by atoms with E-state index in [1.807, 2.05) is 13.0 Å². The third-order valence-corrected chi connectivity index (χ3v) is 3.29. The Morgan fingerprint density at radius 2 is 2.25 bits per heavy atom. The van der Waals surface area contributed by atoms with Gasteiger partial charge in [-0.25, -0.2) is 0 Å². The van der Waals surface area contributed by atoms with Crippen LogP contribution in [0.2, 0.25) is 0 Å². The molecule has 0 bridgehead atoms. The Labute approximate surface area is 97.2 Å². The summed E-state index contributed by atoms with van der Waals surface area (Å²) in [5.41, 5.74) is 2.83. The van der Waals surface area contributed by atoms with Gasteiger partial charge < -0.3 is 0 Å². The Bertz CT molecular complexity index is 404. The molecule has 0 saturated carbocycles. The topological polar surface area (TPSA) is 17.1 Å². The summed E-state index contributed by atoms with van der Waals surface area (Å²) in [6.07, 6.45) is 7.73. The summed E-state index contributed by atoms with van der Waals surface area (Å²) in [5, 5.41) is 0. The molecule has 1 nitrogen and oxygen atoms in total. The number of carbonyl (C=O) groups excluding carboxylic acids is 1. The molecule has 1 aliphatic rings. The third-order valence-electron chi connectivity index (χ3n) is 3.29. The van der Waals surface area contributed by atoms with E-state index >= 15 is 0 Å². The summed E-state index contributed by atoms with van der Waals surface area (Å²) in [7, 11) is 0. The first-order valence-electron chi connectivity index (χ1n) is 6.04. The van der Waals surface area contributed by atoms with Crippen LogP contribution in [-0.2, 0) is 11.2 Å². The summed E-state index contributed by atoms with van der Waals surface area (Å²) in [6, 6.07) is 8.55. The zero-order valence-corrected chi connectivity index (χ0v) is 9.78. The summed E-state index contributed by atoms with van der Waals surface area (Å²) >= 11 is 0. The van der Waals surface area contributed by atoms with Crippen molar-refractivity contribution < 1.29 is 4.79 Å². The van der Waals surface area contributed by atoms with Gasteiger partial charge in [-0.05, 0) is 49.3 Å². The van der Waals surface area contributed by atoms with Crippen molar-refractivity contribution in [3.63, 3.8) is 0 Å². The van der Waals surface area contributed by atoms with Crippen molar-refractivity contribution in [1.29, 1.82) is 0 Å². The lowest BCUT2D eigenvalue weighted by Crippen LogP contribution is -2.12. The van der Waals surface area contributed by atoms with Crippen LogP contribution in [0.5, 0.6) is 0 Å². The zero-order valence-electron chi connectivity index (χ0n) is 9.78. The maximum absolute atomic E-state index is 11.6. The van der Waals surface area contributed by atoms with Gasteiger partial charge in [0, 0.05) is 6.42 Å². The largest absolute Gasteiger partial charge is 0.295 e. The molecule has 0 heterocycles. The van der Waals surface area contributed by atoms with Gasteiger partial charge in [0.1, 0.15) is 0 Å². The van der Waals surface area contributed by atoms with Crippen LogP contribution in [0.15, 0.2) is 36.4 Å². The highest BCUT2D eigenvalue weighted by atomic mass is 16.1. The lowest BCUT2D eigenvalue weighted by Gasteiger charge is -2.24. The van der Waals surface area contributed by atoms with Crippen LogP contribution in [0.4, 0.5) is 0 Å². The standard InChI is InChI=1S/C15H18O/c1-2-6-14(16)11-13-9-5-8-12-7-3-4-10-15(12)13/h2-4,6-7,10,13H,5,8-9,11H2,1H3/b6-2+. The number of ketones is 1. The zero-order chi connectivity index (χ0) is 11.4. The number of fused-ring (bicyclic) bond motifs is 1. The van der Waals surface area contributed by atoms with Gasteiger partial charge in [0.25, 0.3) is 0 Å². The van der Waals surface area contributed by atoms with Gasteiger partial charge in [0.2, 0.25) is 0 Å². The van der Waals surface area contributed by atoms with Crippen LogP contribution >= 0.6 is 0 Å². The van der Waals surface area contributed by atoms with Crippen molar-refractivity contribution in [2.75, 3.05) is 0 Å². The smallest absolute Gasteiger partial charge is 0.155 e. The van der Waals surface area contributed by atoms with E-state index in [4.69, 9.17) is 0 Å². The first kappa shape index (κ1) is 11.1. The average Bonchev–Trinajstić information content (AvgIpc) is 2.30. The van der Waals surface area contributed by atoms with Crippen molar-refractivity contribution in [2.45, 2.75) is 38.5 Å². The molecule has 0 aromatic heterocycles. The molecular formula is C15H18O. The number of benzene rings is 1. The lowest BCUT2D eigenvalue weighted by atomic mass is 9.80. The van der Waals surface area contributed by atoms with Crippen LogP contribution in [0.25, 0.3) is 0 Å². The van der Waals surface area contributed by atoms with Crippen LogP contribution in [0, 0.1) is 0 Å². The van der Waals surface area contributed by atoms with Crippen LogP contribution in [0.1, 0.15) is 43.2 Å². The Morgan fingerprint density at radius 3 is 3.06 bits per heavy atom. The van der Waals surface area contributed by atoms with Crippen LogP contribution in [0.3, 0.4) is 0 Å². The fraction of sp³-hybridized carbons (Fsp3) is 0.400. The third kappa shape index (κ3) is 2.41. The number of hydrogen-bond donors (Lipinski definition) is 0. The molecule has 0 aliphatic heterocycles. The second kappa shape index (κ2) is 5.11. The summed E-state index contributed by atoms with van der Waals surface area (Å²) in [5.74, 6) is 0.692. The molecule has 1 aliphatic carbocycles. The molecule has 84 valence electrons. The molecule has 1 atom stereocenters. The van der Waals surface area contributed by atoms with E-state index in [1.54, 1.807) is 6.08 Å². The van der Waals surface area contributed by atoms with Crippen LogP contribution < -0.4 is 0 Å². The van der Waals surface area contributed by atoms with Gasteiger partial charge >= 0.3 is 0 Å². The first-order chi connectivity index (χ1) is 7.81. The predicted molar refractivity (Wildman–Crippen MR) is 66.6 cm³/mol. The second-order valence-electron chi connectivity index (χ2n) is 4.46. The minimum absolute atomic E-state index is 0.254. The second-order valence-corrected chi connectivity index (χ2v) is 4.46. The van der Waals surface area contributed by atoms with E-state index in [1.165, 1.54) is 24.0 Å². The predicted octanol–water partition coefficient (Wildman–Crippen LogP) is 3.64. The minimum atomic E-state index is 0.254. The molecule has 16 heavy (non-hydrogen) atoms. The van der Waals surface area contributed by atoms with Crippen molar-refractivity contribution in [1.82, 2.24) is 0 Å². The Hall–Kier alpha value is -1.37. The minimum Gasteiger partial charge on any atom is -0.295 e. The van der Waals surface area contributed by atoms with Gasteiger partial charge in [0.15, 0.2) is 5.78 Å². The molecule has 2 rings (SSSR count). The number of carbonyl (C=O) groups is 1. The van der Waals surface area contributed by atoms with Gasteiger partial charge in [-0.15, -0.1) is 0 Å². The van der Waals surface area contributed by atoms with Gasteiger partial charge in [0.05, 0.1) is 0 Å². The van der Waals surface area contributed by atoms with E-state index in [0.29, 0.717) is 12.3 Å². The van der Waals surface area contributed by atoms with Gasteiger partial charge in [-0.3, -0.25) is 4.79 Å². The monoisotopic (exact) mass is 214 g/mol. The molecule has 0 spiro atoms. The van der Waals surface area contributed by atoms with E-state index in [0.717, 1.165) is 6.42 Å². The Morgan fingerprint density at radius 1 is 1.44 bits per heavy atom. The Kier molecular flexibility index (Phi) is 3.55. The molecule has 0 radical (unpaired) electrons. The van der Waals surface area contributed by atoms with E-state index in [2.05, 4.69) is 24.3 Å². The number of aryl methyl sites for hydroxylation is 1. The lowest BCUT2D eigenvalue weighted by molar-refractivity contribution is -0.115. The molecule has 0 fully saturated rings. The quantitative estimate of drug-likeness (QED) is 0.702. The number of hydrogen-bond acceptors (Lipinski definition) is 1. The fourth-order valence-electron chi connectivity index (χ4n) is 2.56. The van der Waals surface area contributed by atoms with E-state index in [9.17, 15) is 4.79 Å². The first-order valence-corrected chi connectivity index (χ1v) is 6.04. The normalized spacial score (nSPS) is 19.7. The molecule has 1 heteroatoms. The molecule has 1 aromatic rings. The highest BCUT2D eigenvalue weighted by Crippen LogP contribution is 2.33. The van der Waals surface area contributed by atoms with Gasteiger partial charge in [-0.1, -0.05) is 30.3 Å². The maximum Gasteiger partial charge on any atom is 0.155 e. The molecule has 0 saturated heterocycles. The van der Waals surface area contributed by atoms with E-state index in [-0.39, 0.29) is 5.78 Å². The summed E-state index contributed by atoms with van der Waals surface area (Å²) in [4.78, 5) is 11.6. The molecule has 1 aromatic carbocycles. The van der Waals surface area contributed by atoms with Gasteiger partial charge in [-0.2, -0.15) is 0 Å². The van der Waals surface area contributed by atoms with Crippen molar-refractivity contribution in [3.05, 3.63) is 47.5 Å². The number of allylic oxidation sites excluding steroid dienone is 2. The highest BCUT2D eigenvalue weighted by molar-refractivity contribution is 5.90. The highest BCUT2D eigenvalue weighted by Gasteiger charge is 2.21. The SMILES string of the molecule is C/C=C/C(=O)CC1CCCc2ccccc21. The van der Waals surface area contributed by atoms with Crippen molar-refractivity contribution >= 4 is 5.78 Å². The van der Waals surface area contributed by atoms with E-state index < -0.39 is 0 Å². The molecule has 1 unspecified atom stereocenters. The fourth-order valence-corrected chi connectivity index (χ4v) is 2.56. The average molecular weight is 214 g/mol. The molecular weight excluding hydrogens is 196 g/mol. The molecule has 0 N–H and O–H groups in total. The maximum atomic E-state index is 11.6. The van der Waals surface area contributed by atoms with Crippen LogP contribution in [-0.4, -0.2) is 5.78 Å². The number of rotatable bonds is 3.